The summed E-state index contributed by atoms with van der Waals surface area (Å²) < 4.78 is 1.78. The summed E-state index contributed by atoms with van der Waals surface area (Å²) in [4.78, 5) is 31.2. The number of nitrogens with one attached hydrogen (secondary N) is 2. The molecular formula is C19H21N7O2. The lowest BCUT2D eigenvalue weighted by molar-refractivity contribution is -0.120. The quantitative estimate of drug-likeness (QED) is 0.705. The number of carbonyl (C=O) groups is 2. The van der Waals surface area contributed by atoms with Gasteiger partial charge in [0, 0.05) is 25.6 Å². The highest BCUT2D eigenvalue weighted by molar-refractivity contribution is 6.01. The summed E-state index contributed by atoms with van der Waals surface area (Å²) in [5, 5.41) is 13.8. The summed E-state index contributed by atoms with van der Waals surface area (Å²) in [7, 11) is 1.69. The number of rotatable bonds is 4. The molecule has 9 nitrogen and oxygen atoms in total. The highest BCUT2D eigenvalue weighted by atomic mass is 16.2. The van der Waals surface area contributed by atoms with Crippen molar-refractivity contribution in [1.29, 1.82) is 0 Å². The molecule has 0 fully saturated rings. The average Bonchev–Trinajstić information content (AvgIpc) is 3.28. The van der Waals surface area contributed by atoms with E-state index in [1.165, 1.54) is 0 Å². The molecule has 4 rings (SSSR count). The fourth-order valence-corrected chi connectivity index (χ4v) is 3.41. The van der Waals surface area contributed by atoms with E-state index in [2.05, 4.69) is 25.6 Å². The van der Waals surface area contributed by atoms with E-state index in [9.17, 15) is 9.59 Å². The van der Waals surface area contributed by atoms with E-state index >= 15 is 0 Å². The molecule has 0 saturated heterocycles. The Morgan fingerprint density at radius 3 is 2.89 bits per heavy atom. The number of fused-ring (bicyclic) bond motifs is 1. The van der Waals surface area contributed by atoms with E-state index in [1.54, 1.807) is 22.8 Å². The van der Waals surface area contributed by atoms with Gasteiger partial charge < -0.3 is 5.32 Å². The predicted octanol–water partition coefficient (Wildman–Crippen LogP) is 1.07. The van der Waals surface area contributed by atoms with Gasteiger partial charge in [0.05, 0.1) is 6.20 Å². The molecule has 0 bridgehead atoms. The summed E-state index contributed by atoms with van der Waals surface area (Å²) in [6, 6.07) is 9.13. The lowest BCUT2D eigenvalue weighted by Crippen LogP contribution is -2.47. The van der Waals surface area contributed by atoms with Crippen LogP contribution in [0, 0.1) is 6.92 Å². The lowest BCUT2D eigenvalue weighted by atomic mass is 10.1. The molecule has 2 amide bonds. The van der Waals surface area contributed by atoms with Gasteiger partial charge in [-0.1, -0.05) is 30.3 Å². The van der Waals surface area contributed by atoms with E-state index in [4.69, 9.17) is 0 Å². The first kappa shape index (κ1) is 17.9. The molecule has 144 valence electrons. The molecule has 28 heavy (non-hydrogen) atoms. The zero-order valence-corrected chi connectivity index (χ0v) is 15.7. The molecule has 1 atom stereocenters. The van der Waals surface area contributed by atoms with Gasteiger partial charge in [0.2, 0.25) is 5.82 Å². The fourth-order valence-electron chi connectivity index (χ4n) is 3.41. The van der Waals surface area contributed by atoms with Crippen LogP contribution >= 0.6 is 0 Å². The predicted molar refractivity (Wildman–Crippen MR) is 102 cm³/mol. The second kappa shape index (κ2) is 7.26. The zero-order valence-electron chi connectivity index (χ0n) is 15.7. The molecule has 1 aliphatic heterocycles. The van der Waals surface area contributed by atoms with Crippen molar-refractivity contribution in [1.82, 2.24) is 30.3 Å². The molecule has 9 heteroatoms. The number of likely N-dealkylation sites (N-methyl/N-ethyl adjacent to an activating group) is 1. The van der Waals surface area contributed by atoms with Crippen LogP contribution in [0.4, 0.5) is 5.82 Å². The molecule has 3 heterocycles. The smallest absolute Gasteiger partial charge is 0.291 e. The number of hydrogen-bond acceptors (Lipinski definition) is 5. The highest BCUT2D eigenvalue weighted by Gasteiger charge is 2.31. The Kier molecular flexibility index (Phi) is 4.64. The van der Waals surface area contributed by atoms with Gasteiger partial charge in [-0.25, -0.2) is 9.67 Å². The van der Waals surface area contributed by atoms with Crippen LogP contribution in [0.5, 0.6) is 0 Å². The number of anilines is 1. The van der Waals surface area contributed by atoms with Gasteiger partial charge in [0.15, 0.2) is 0 Å². The number of carbonyl (C=O) groups excluding carboxylic acids is 2. The Balaban J connectivity index is 1.45. The number of aromatic nitrogens is 5. The van der Waals surface area contributed by atoms with Crippen molar-refractivity contribution in [3.05, 3.63) is 59.3 Å². The van der Waals surface area contributed by atoms with Crippen molar-refractivity contribution in [2.45, 2.75) is 32.4 Å². The molecule has 0 spiro atoms. The van der Waals surface area contributed by atoms with E-state index in [-0.39, 0.29) is 11.7 Å². The minimum Gasteiger partial charge on any atom is -0.337 e. The minimum atomic E-state index is -0.658. The van der Waals surface area contributed by atoms with Crippen LogP contribution in [0.1, 0.15) is 34.0 Å². The highest BCUT2D eigenvalue weighted by Crippen LogP contribution is 2.23. The first-order valence-electron chi connectivity index (χ1n) is 9.09. The third-order valence-electron chi connectivity index (χ3n) is 4.82. The van der Waals surface area contributed by atoms with E-state index < -0.39 is 11.9 Å². The summed E-state index contributed by atoms with van der Waals surface area (Å²) in [6.07, 6.45) is 2.73. The second-order valence-electron chi connectivity index (χ2n) is 6.85. The van der Waals surface area contributed by atoms with E-state index in [0.717, 1.165) is 16.9 Å². The van der Waals surface area contributed by atoms with Crippen LogP contribution in [0.3, 0.4) is 0 Å². The van der Waals surface area contributed by atoms with Crippen LogP contribution in [0.15, 0.2) is 36.5 Å². The molecule has 0 saturated carbocycles. The van der Waals surface area contributed by atoms with Crippen molar-refractivity contribution >= 4 is 17.6 Å². The molecule has 1 aliphatic rings. The summed E-state index contributed by atoms with van der Waals surface area (Å²) in [5.74, 6) is 0.718. The van der Waals surface area contributed by atoms with Crippen molar-refractivity contribution in [3.63, 3.8) is 0 Å². The first-order valence-corrected chi connectivity index (χ1v) is 9.09. The molecule has 2 N–H and O–H groups in total. The van der Waals surface area contributed by atoms with E-state index in [1.807, 2.05) is 37.3 Å². The number of nitrogens with zero attached hydrogens (tertiary/aromatic N) is 5. The molecule has 2 aromatic heterocycles. The number of benzene rings is 1. The fraction of sp³-hybridized carbons (Fsp3) is 0.316. The Bertz CT molecular complexity index is 1010. The van der Waals surface area contributed by atoms with Gasteiger partial charge in [0.1, 0.15) is 17.7 Å². The minimum absolute atomic E-state index is 0.0274. The normalized spacial score (nSPS) is 16.6. The van der Waals surface area contributed by atoms with E-state index in [0.29, 0.717) is 25.2 Å². The van der Waals surface area contributed by atoms with Crippen molar-refractivity contribution in [2.75, 3.05) is 11.9 Å². The largest absolute Gasteiger partial charge is 0.337 e. The SMILES string of the molecule is Cc1cnn2c1N(C)C(=O)[C@@H](NC(=O)c1n[nH]c(Cc3ccccc3)n1)CC2. The van der Waals surface area contributed by atoms with Crippen LogP contribution in [-0.4, -0.2) is 49.9 Å². The topological polar surface area (TPSA) is 109 Å². The number of H-pyrrole nitrogens is 1. The Labute approximate surface area is 161 Å². The maximum atomic E-state index is 12.8. The molecular weight excluding hydrogens is 358 g/mol. The van der Waals surface area contributed by atoms with Crippen molar-refractivity contribution in [3.8, 4) is 0 Å². The average molecular weight is 379 g/mol. The van der Waals surface area contributed by atoms with Gasteiger partial charge in [-0.2, -0.15) is 5.10 Å². The summed E-state index contributed by atoms with van der Waals surface area (Å²) in [5.41, 5.74) is 1.98. The standard InChI is InChI=1S/C19H21N7O2/c1-12-11-20-26-9-8-14(19(28)25(2)18(12)26)21-17(27)16-22-15(23-24-16)10-13-6-4-3-5-7-13/h3-7,11,14H,8-10H2,1-2H3,(H,21,27)(H,22,23,24)/t14-/m0/s1. The first-order chi connectivity index (χ1) is 13.5. The van der Waals surface area contributed by atoms with Crippen LogP contribution in [0.2, 0.25) is 0 Å². The van der Waals surface area contributed by atoms with Gasteiger partial charge in [0.25, 0.3) is 11.8 Å². The van der Waals surface area contributed by atoms with Crippen LogP contribution in [-0.2, 0) is 17.8 Å². The van der Waals surface area contributed by atoms with Crippen LogP contribution < -0.4 is 10.2 Å². The molecule has 0 aliphatic carbocycles. The Morgan fingerprint density at radius 1 is 1.32 bits per heavy atom. The molecule has 0 unspecified atom stereocenters. The summed E-state index contributed by atoms with van der Waals surface area (Å²) >= 11 is 0. The van der Waals surface area contributed by atoms with Gasteiger partial charge in [-0.05, 0) is 18.9 Å². The maximum Gasteiger partial charge on any atom is 0.291 e. The molecule has 3 aromatic rings. The maximum absolute atomic E-state index is 12.8. The van der Waals surface area contributed by atoms with Gasteiger partial charge >= 0.3 is 0 Å². The van der Waals surface area contributed by atoms with Crippen LogP contribution in [0.25, 0.3) is 0 Å². The summed E-state index contributed by atoms with van der Waals surface area (Å²) in [6.45, 7) is 2.45. The monoisotopic (exact) mass is 379 g/mol. The van der Waals surface area contributed by atoms with Gasteiger partial charge in [-0.3, -0.25) is 19.6 Å². The molecule has 0 radical (unpaired) electrons. The zero-order chi connectivity index (χ0) is 19.7. The third kappa shape index (κ3) is 3.38. The number of amides is 2. The molecule has 1 aromatic carbocycles. The number of aromatic amines is 1. The Morgan fingerprint density at radius 2 is 2.11 bits per heavy atom. The Hall–Kier alpha value is -3.49. The van der Waals surface area contributed by atoms with Gasteiger partial charge in [-0.15, -0.1) is 5.10 Å². The number of hydrogen-bond donors (Lipinski definition) is 2. The van der Waals surface area contributed by atoms with Crippen molar-refractivity contribution in [2.24, 2.45) is 0 Å². The van der Waals surface area contributed by atoms with Crippen molar-refractivity contribution < 1.29 is 9.59 Å². The third-order valence-corrected chi connectivity index (χ3v) is 4.82. The second-order valence-corrected chi connectivity index (χ2v) is 6.85. The number of aryl methyl sites for hydroxylation is 2. The lowest BCUT2D eigenvalue weighted by Gasteiger charge is -2.20.